The van der Waals surface area contributed by atoms with E-state index in [0.717, 1.165) is 37.2 Å². The number of carbonyl (C=O) groups is 1. The number of anilines is 1. The molecule has 0 radical (unpaired) electrons. The third-order valence-electron chi connectivity index (χ3n) is 3.44. The molecule has 0 saturated carbocycles. The molecule has 1 saturated heterocycles. The van der Waals surface area contributed by atoms with Gasteiger partial charge in [-0.1, -0.05) is 18.2 Å². The van der Waals surface area contributed by atoms with Crippen molar-refractivity contribution in [2.45, 2.75) is 32.4 Å². The van der Waals surface area contributed by atoms with Gasteiger partial charge >= 0.3 is 0 Å². The SMILES string of the molecule is CC(NCc1ccccc1N)C(=O)N1CCCC1. The molecule has 4 heteroatoms. The van der Waals surface area contributed by atoms with Crippen LogP contribution >= 0.6 is 0 Å². The zero-order chi connectivity index (χ0) is 13.0. The van der Waals surface area contributed by atoms with E-state index < -0.39 is 0 Å². The fraction of sp³-hybridized carbons (Fsp3) is 0.500. The van der Waals surface area contributed by atoms with Crippen molar-refractivity contribution in [3.63, 3.8) is 0 Å². The Balaban J connectivity index is 1.86. The van der Waals surface area contributed by atoms with Crippen LogP contribution < -0.4 is 11.1 Å². The Morgan fingerprint density at radius 3 is 2.72 bits per heavy atom. The summed E-state index contributed by atoms with van der Waals surface area (Å²) in [6.45, 7) is 4.35. The van der Waals surface area contributed by atoms with E-state index in [1.54, 1.807) is 0 Å². The van der Waals surface area contributed by atoms with Crippen molar-refractivity contribution in [1.82, 2.24) is 10.2 Å². The van der Waals surface area contributed by atoms with Crippen molar-refractivity contribution >= 4 is 11.6 Å². The van der Waals surface area contributed by atoms with Gasteiger partial charge in [-0.25, -0.2) is 0 Å². The molecule has 98 valence electrons. The Bertz CT molecular complexity index is 413. The first-order chi connectivity index (χ1) is 8.68. The topological polar surface area (TPSA) is 58.4 Å². The number of para-hydroxylation sites is 1. The van der Waals surface area contributed by atoms with Crippen LogP contribution in [0.25, 0.3) is 0 Å². The van der Waals surface area contributed by atoms with Gasteiger partial charge in [0.1, 0.15) is 0 Å². The third kappa shape index (κ3) is 3.01. The Hall–Kier alpha value is -1.55. The van der Waals surface area contributed by atoms with Gasteiger partial charge in [-0.2, -0.15) is 0 Å². The van der Waals surface area contributed by atoms with Crippen LogP contribution in [0, 0.1) is 0 Å². The van der Waals surface area contributed by atoms with E-state index in [-0.39, 0.29) is 11.9 Å². The molecule has 1 fully saturated rings. The zero-order valence-electron chi connectivity index (χ0n) is 10.9. The van der Waals surface area contributed by atoms with E-state index >= 15 is 0 Å². The minimum absolute atomic E-state index is 0.150. The van der Waals surface area contributed by atoms with Crippen LogP contribution in [0.3, 0.4) is 0 Å². The van der Waals surface area contributed by atoms with E-state index in [4.69, 9.17) is 5.73 Å². The van der Waals surface area contributed by atoms with Crippen LogP contribution in [0.4, 0.5) is 5.69 Å². The molecule has 4 nitrogen and oxygen atoms in total. The molecule has 0 aromatic heterocycles. The summed E-state index contributed by atoms with van der Waals surface area (Å²) in [5.41, 5.74) is 7.68. The molecule has 1 heterocycles. The molecule has 0 aliphatic carbocycles. The maximum absolute atomic E-state index is 12.1. The molecule has 0 bridgehead atoms. The summed E-state index contributed by atoms with van der Waals surface area (Å²) < 4.78 is 0. The number of nitrogens with zero attached hydrogens (tertiary/aromatic N) is 1. The summed E-state index contributed by atoms with van der Waals surface area (Å²) in [5, 5.41) is 3.25. The molecule has 1 aliphatic heterocycles. The van der Waals surface area contributed by atoms with E-state index in [9.17, 15) is 4.79 Å². The lowest BCUT2D eigenvalue weighted by Gasteiger charge is -2.21. The standard InChI is InChI=1S/C14H21N3O/c1-11(14(18)17-8-4-5-9-17)16-10-12-6-2-3-7-13(12)15/h2-3,6-7,11,16H,4-5,8-10,15H2,1H3. The van der Waals surface area contributed by atoms with Gasteiger partial charge in [0, 0.05) is 25.3 Å². The van der Waals surface area contributed by atoms with E-state index in [0.29, 0.717) is 6.54 Å². The number of carbonyl (C=O) groups excluding carboxylic acids is 1. The van der Waals surface area contributed by atoms with Crippen LogP contribution in [0.2, 0.25) is 0 Å². The average Bonchev–Trinajstić information content (AvgIpc) is 2.90. The van der Waals surface area contributed by atoms with Crippen LogP contribution in [0.15, 0.2) is 24.3 Å². The van der Waals surface area contributed by atoms with Crippen molar-refractivity contribution in [2.75, 3.05) is 18.8 Å². The van der Waals surface area contributed by atoms with Gasteiger partial charge < -0.3 is 16.0 Å². The number of nitrogens with one attached hydrogen (secondary N) is 1. The second-order valence-corrected chi connectivity index (χ2v) is 4.83. The molecular formula is C14H21N3O. The third-order valence-corrected chi connectivity index (χ3v) is 3.44. The smallest absolute Gasteiger partial charge is 0.239 e. The van der Waals surface area contributed by atoms with Gasteiger partial charge in [0.15, 0.2) is 0 Å². The van der Waals surface area contributed by atoms with Gasteiger partial charge in [-0.05, 0) is 31.4 Å². The number of nitrogen functional groups attached to an aromatic ring is 1. The normalized spacial score (nSPS) is 16.8. The summed E-state index contributed by atoms with van der Waals surface area (Å²) in [7, 11) is 0. The number of benzene rings is 1. The zero-order valence-corrected chi connectivity index (χ0v) is 10.9. The molecular weight excluding hydrogens is 226 g/mol. The Morgan fingerprint density at radius 2 is 2.06 bits per heavy atom. The lowest BCUT2D eigenvalue weighted by atomic mass is 10.1. The number of nitrogens with two attached hydrogens (primary N) is 1. The fourth-order valence-electron chi connectivity index (χ4n) is 2.26. The largest absolute Gasteiger partial charge is 0.398 e. The highest BCUT2D eigenvalue weighted by Gasteiger charge is 2.22. The summed E-state index contributed by atoms with van der Waals surface area (Å²) in [4.78, 5) is 14.0. The first-order valence-corrected chi connectivity index (χ1v) is 6.54. The predicted molar refractivity (Wildman–Crippen MR) is 73.0 cm³/mol. The highest BCUT2D eigenvalue weighted by Crippen LogP contribution is 2.12. The van der Waals surface area contributed by atoms with Crippen molar-refractivity contribution in [3.8, 4) is 0 Å². The first-order valence-electron chi connectivity index (χ1n) is 6.54. The fourth-order valence-corrected chi connectivity index (χ4v) is 2.26. The van der Waals surface area contributed by atoms with Crippen molar-refractivity contribution in [1.29, 1.82) is 0 Å². The number of hydrogen-bond acceptors (Lipinski definition) is 3. The second kappa shape index (κ2) is 5.87. The van der Waals surface area contributed by atoms with E-state index in [2.05, 4.69) is 5.32 Å². The monoisotopic (exact) mass is 247 g/mol. The summed E-state index contributed by atoms with van der Waals surface area (Å²) in [6.07, 6.45) is 2.26. The van der Waals surface area contributed by atoms with Gasteiger partial charge in [0.25, 0.3) is 0 Å². The summed E-state index contributed by atoms with van der Waals surface area (Å²) >= 11 is 0. The van der Waals surface area contributed by atoms with E-state index in [1.807, 2.05) is 36.1 Å². The van der Waals surface area contributed by atoms with Gasteiger partial charge in [0.2, 0.25) is 5.91 Å². The molecule has 1 amide bonds. The summed E-state index contributed by atoms with van der Waals surface area (Å²) in [5.74, 6) is 0.196. The molecule has 1 aromatic rings. The molecule has 3 N–H and O–H groups in total. The van der Waals surface area contributed by atoms with Crippen molar-refractivity contribution in [2.24, 2.45) is 0 Å². The molecule has 1 unspecified atom stereocenters. The molecule has 18 heavy (non-hydrogen) atoms. The second-order valence-electron chi connectivity index (χ2n) is 4.83. The van der Waals surface area contributed by atoms with Crippen LogP contribution in [-0.2, 0) is 11.3 Å². The Morgan fingerprint density at radius 1 is 1.39 bits per heavy atom. The Kier molecular flexibility index (Phi) is 4.20. The quantitative estimate of drug-likeness (QED) is 0.790. The molecule has 1 aliphatic rings. The highest BCUT2D eigenvalue weighted by atomic mass is 16.2. The van der Waals surface area contributed by atoms with Gasteiger partial charge in [0.05, 0.1) is 6.04 Å². The van der Waals surface area contributed by atoms with Crippen molar-refractivity contribution < 1.29 is 4.79 Å². The number of rotatable bonds is 4. The Labute approximate surface area is 108 Å². The van der Waals surface area contributed by atoms with Crippen molar-refractivity contribution in [3.05, 3.63) is 29.8 Å². The van der Waals surface area contributed by atoms with Crippen LogP contribution in [0.5, 0.6) is 0 Å². The molecule has 0 spiro atoms. The molecule has 1 atom stereocenters. The predicted octanol–water partition coefficient (Wildman–Crippen LogP) is 1.37. The van der Waals surface area contributed by atoms with Crippen LogP contribution in [0.1, 0.15) is 25.3 Å². The van der Waals surface area contributed by atoms with Crippen LogP contribution in [-0.4, -0.2) is 29.9 Å². The van der Waals surface area contributed by atoms with E-state index in [1.165, 1.54) is 0 Å². The lowest BCUT2D eigenvalue weighted by Crippen LogP contribution is -2.43. The maximum Gasteiger partial charge on any atom is 0.239 e. The number of hydrogen-bond donors (Lipinski definition) is 2. The van der Waals surface area contributed by atoms with Gasteiger partial charge in [-0.3, -0.25) is 4.79 Å². The molecule has 1 aromatic carbocycles. The van der Waals surface area contributed by atoms with Gasteiger partial charge in [-0.15, -0.1) is 0 Å². The maximum atomic E-state index is 12.1. The number of likely N-dealkylation sites (tertiary alicyclic amines) is 1. The summed E-state index contributed by atoms with van der Waals surface area (Å²) in [6, 6.07) is 7.58. The lowest BCUT2D eigenvalue weighted by molar-refractivity contribution is -0.131. The first kappa shape index (κ1) is 12.9. The number of amides is 1. The average molecular weight is 247 g/mol. The molecule has 2 rings (SSSR count). The minimum Gasteiger partial charge on any atom is -0.398 e. The minimum atomic E-state index is -0.150. The highest BCUT2D eigenvalue weighted by molar-refractivity contribution is 5.81.